The highest BCUT2D eigenvalue weighted by Crippen LogP contribution is 2.17. The van der Waals surface area contributed by atoms with Crippen molar-refractivity contribution in [2.45, 2.75) is 17.5 Å². The van der Waals surface area contributed by atoms with E-state index in [1.165, 1.54) is 16.9 Å². The van der Waals surface area contributed by atoms with Crippen molar-refractivity contribution < 1.29 is 21.6 Å². The zero-order chi connectivity index (χ0) is 20.5. The van der Waals surface area contributed by atoms with E-state index in [1.807, 2.05) is 0 Å². The van der Waals surface area contributed by atoms with Crippen LogP contribution in [0.4, 0.5) is 0 Å². The van der Waals surface area contributed by atoms with Crippen LogP contribution in [0.5, 0.6) is 0 Å². The van der Waals surface area contributed by atoms with Crippen LogP contribution in [-0.4, -0.2) is 44.6 Å². The van der Waals surface area contributed by atoms with Crippen molar-refractivity contribution in [3.8, 4) is 0 Å². The molecular weight excluding hydrogens is 402 g/mol. The highest BCUT2D eigenvalue weighted by atomic mass is 32.2. The summed E-state index contributed by atoms with van der Waals surface area (Å²) in [6.07, 6.45) is 3.74. The number of aromatic nitrogens is 2. The number of imidazole rings is 1. The van der Waals surface area contributed by atoms with Crippen molar-refractivity contribution in [3.05, 3.63) is 65.5 Å². The number of amides is 1. The van der Waals surface area contributed by atoms with E-state index in [-0.39, 0.29) is 23.1 Å². The number of benzene rings is 1. The van der Waals surface area contributed by atoms with Gasteiger partial charge in [0.15, 0.2) is 15.5 Å². The third-order valence-electron chi connectivity index (χ3n) is 3.97. The lowest BCUT2D eigenvalue weighted by molar-refractivity contribution is 0.0947. The molecular formula is C18H19N3O5S2. The van der Waals surface area contributed by atoms with Crippen molar-refractivity contribution in [1.82, 2.24) is 14.7 Å². The third-order valence-corrected chi connectivity index (χ3v) is 5.78. The van der Waals surface area contributed by atoms with Crippen molar-refractivity contribution in [3.63, 3.8) is 0 Å². The van der Waals surface area contributed by atoms with Crippen LogP contribution in [0.3, 0.4) is 0 Å². The van der Waals surface area contributed by atoms with Gasteiger partial charge in [-0.1, -0.05) is 30.3 Å². The van der Waals surface area contributed by atoms with E-state index in [2.05, 4.69) is 10.3 Å². The average Bonchev–Trinajstić information content (AvgIpc) is 3.00. The second-order valence-electron chi connectivity index (χ2n) is 6.54. The van der Waals surface area contributed by atoms with Gasteiger partial charge in [0.05, 0.1) is 11.3 Å². The molecule has 0 bridgehead atoms. The normalized spacial score (nSPS) is 12.2. The van der Waals surface area contributed by atoms with Gasteiger partial charge in [-0.05, 0) is 23.3 Å². The van der Waals surface area contributed by atoms with Gasteiger partial charge in [0, 0.05) is 25.3 Å². The lowest BCUT2D eigenvalue weighted by Crippen LogP contribution is -2.23. The molecule has 10 heteroatoms. The van der Waals surface area contributed by atoms with Crippen LogP contribution in [0.1, 0.15) is 21.6 Å². The SMILES string of the molecule is CS(=O)(=O)Cc1ccc(CNC(=O)c2nc(S(C)(=O)=O)n3ccccc23)cc1. The lowest BCUT2D eigenvalue weighted by Gasteiger charge is -2.05. The van der Waals surface area contributed by atoms with E-state index in [0.29, 0.717) is 11.1 Å². The van der Waals surface area contributed by atoms with E-state index in [4.69, 9.17) is 0 Å². The Labute approximate surface area is 163 Å². The van der Waals surface area contributed by atoms with Crippen LogP contribution in [0, 0.1) is 0 Å². The molecule has 28 heavy (non-hydrogen) atoms. The first-order chi connectivity index (χ1) is 13.0. The summed E-state index contributed by atoms with van der Waals surface area (Å²) in [5.41, 5.74) is 1.85. The van der Waals surface area contributed by atoms with Crippen molar-refractivity contribution in [2.75, 3.05) is 12.5 Å². The first kappa shape index (κ1) is 20.0. The van der Waals surface area contributed by atoms with E-state index in [9.17, 15) is 21.6 Å². The molecule has 1 N–H and O–H groups in total. The average molecular weight is 422 g/mol. The second-order valence-corrected chi connectivity index (χ2v) is 10.6. The van der Waals surface area contributed by atoms with Crippen molar-refractivity contribution >= 4 is 31.1 Å². The summed E-state index contributed by atoms with van der Waals surface area (Å²) in [5, 5.41) is 2.52. The van der Waals surface area contributed by atoms with Crippen LogP contribution >= 0.6 is 0 Å². The summed E-state index contributed by atoms with van der Waals surface area (Å²) in [7, 11) is -6.72. The van der Waals surface area contributed by atoms with E-state index < -0.39 is 25.6 Å². The maximum Gasteiger partial charge on any atom is 0.272 e. The van der Waals surface area contributed by atoms with Gasteiger partial charge >= 0.3 is 0 Å². The molecule has 0 saturated heterocycles. The standard InChI is InChI=1S/C18H19N3O5S2/c1-27(23,24)12-14-8-6-13(7-9-14)11-19-17(22)16-15-5-3-4-10-21(15)18(20-16)28(2,25)26/h3-10H,11-12H2,1-2H3,(H,19,22). The Morgan fingerprint density at radius 1 is 1.00 bits per heavy atom. The number of pyridine rings is 1. The third kappa shape index (κ3) is 4.57. The predicted molar refractivity (Wildman–Crippen MR) is 104 cm³/mol. The Kier molecular flexibility index (Phi) is 5.26. The number of nitrogens with one attached hydrogen (secondary N) is 1. The fraction of sp³-hybridized carbons (Fsp3) is 0.222. The molecule has 2 aromatic heterocycles. The molecule has 1 aromatic carbocycles. The minimum atomic E-state index is -3.61. The van der Waals surface area contributed by atoms with Gasteiger partial charge < -0.3 is 5.32 Å². The van der Waals surface area contributed by atoms with Gasteiger partial charge in [-0.15, -0.1) is 0 Å². The summed E-state index contributed by atoms with van der Waals surface area (Å²) in [6, 6.07) is 11.8. The number of rotatable bonds is 6. The summed E-state index contributed by atoms with van der Waals surface area (Å²) < 4.78 is 47.9. The molecule has 0 aliphatic heterocycles. The van der Waals surface area contributed by atoms with Gasteiger partial charge in [-0.25, -0.2) is 21.8 Å². The molecule has 148 valence electrons. The van der Waals surface area contributed by atoms with Crippen LogP contribution in [0.2, 0.25) is 0 Å². The van der Waals surface area contributed by atoms with Crippen LogP contribution in [0.25, 0.3) is 5.52 Å². The summed E-state index contributed by atoms with van der Waals surface area (Å²) >= 11 is 0. The molecule has 0 aliphatic rings. The number of sulfone groups is 2. The molecule has 0 atom stereocenters. The Hall–Kier alpha value is -2.72. The number of nitrogens with zero attached hydrogens (tertiary/aromatic N) is 2. The zero-order valence-electron chi connectivity index (χ0n) is 15.3. The minimum Gasteiger partial charge on any atom is -0.347 e. The molecule has 3 aromatic rings. The maximum absolute atomic E-state index is 12.6. The van der Waals surface area contributed by atoms with E-state index in [0.717, 1.165) is 11.8 Å². The number of hydrogen-bond donors (Lipinski definition) is 1. The van der Waals surface area contributed by atoms with Gasteiger partial charge in [0.2, 0.25) is 15.0 Å². The molecule has 2 heterocycles. The van der Waals surface area contributed by atoms with Gasteiger partial charge in [0.1, 0.15) is 0 Å². The molecule has 0 fully saturated rings. The Bertz CT molecular complexity index is 1240. The molecule has 0 saturated carbocycles. The first-order valence-electron chi connectivity index (χ1n) is 8.25. The Morgan fingerprint density at radius 2 is 1.64 bits per heavy atom. The quantitative estimate of drug-likeness (QED) is 0.640. The van der Waals surface area contributed by atoms with E-state index >= 15 is 0 Å². The maximum atomic E-state index is 12.6. The van der Waals surface area contributed by atoms with Gasteiger partial charge in [-0.2, -0.15) is 0 Å². The fourth-order valence-electron chi connectivity index (χ4n) is 2.76. The molecule has 8 nitrogen and oxygen atoms in total. The highest BCUT2D eigenvalue weighted by molar-refractivity contribution is 7.90. The summed E-state index contributed by atoms with van der Waals surface area (Å²) in [4.78, 5) is 16.6. The monoisotopic (exact) mass is 421 g/mol. The minimum absolute atomic E-state index is 0.0229. The molecule has 0 unspecified atom stereocenters. The number of hydrogen-bond acceptors (Lipinski definition) is 6. The Morgan fingerprint density at radius 3 is 2.25 bits per heavy atom. The topological polar surface area (TPSA) is 115 Å². The van der Waals surface area contributed by atoms with Gasteiger partial charge in [-0.3, -0.25) is 9.20 Å². The number of fused-ring (bicyclic) bond motifs is 1. The van der Waals surface area contributed by atoms with Gasteiger partial charge in [0.25, 0.3) is 5.91 Å². The predicted octanol–water partition coefficient (Wildman–Crippen LogP) is 1.21. The smallest absolute Gasteiger partial charge is 0.272 e. The number of carbonyl (C=O) groups is 1. The van der Waals surface area contributed by atoms with Crippen LogP contribution in [0.15, 0.2) is 53.8 Å². The summed E-state index contributed by atoms with van der Waals surface area (Å²) in [5.74, 6) is -0.548. The van der Waals surface area contributed by atoms with Crippen LogP contribution in [-0.2, 0) is 32.0 Å². The van der Waals surface area contributed by atoms with Crippen LogP contribution < -0.4 is 5.32 Å². The molecule has 0 spiro atoms. The van der Waals surface area contributed by atoms with Crippen molar-refractivity contribution in [1.29, 1.82) is 0 Å². The highest BCUT2D eigenvalue weighted by Gasteiger charge is 2.22. The second kappa shape index (κ2) is 7.36. The number of carbonyl (C=O) groups excluding carboxylic acids is 1. The van der Waals surface area contributed by atoms with Crippen molar-refractivity contribution in [2.24, 2.45) is 0 Å². The molecule has 0 radical (unpaired) electrons. The summed E-state index contributed by atoms with van der Waals surface area (Å²) in [6.45, 7) is 0.193. The lowest BCUT2D eigenvalue weighted by atomic mass is 10.1. The zero-order valence-corrected chi connectivity index (χ0v) is 16.9. The van der Waals surface area contributed by atoms with E-state index in [1.54, 1.807) is 42.5 Å². The first-order valence-corrected chi connectivity index (χ1v) is 12.2. The largest absolute Gasteiger partial charge is 0.347 e. The molecule has 3 rings (SSSR count). The molecule has 1 amide bonds. The molecule has 0 aliphatic carbocycles. The Balaban J connectivity index is 1.79. The fourth-order valence-corrected chi connectivity index (χ4v) is 4.33.